The van der Waals surface area contributed by atoms with Gasteiger partial charge in [0.1, 0.15) is 5.52 Å². The molecule has 2 aromatic rings. The fourth-order valence-corrected chi connectivity index (χ4v) is 10.7. The Morgan fingerprint density at radius 2 is 1.98 bits per heavy atom. The average molecular weight is 594 g/mol. The smallest absolute Gasteiger partial charge is 0.257 e. The molecule has 0 radical (unpaired) electrons. The normalized spacial score (nSPS) is 43.2. The van der Waals surface area contributed by atoms with E-state index in [4.69, 9.17) is 13.9 Å². The molecule has 2 heterocycles. The minimum atomic E-state index is -1.97. The molecule has 1 saturated heterocycles. The van der Waals surface area contributed by atoms with Gasteiger partial charge in [0.2, 0.25) is 0 Å². The Hall–Kier alpha value is -2.33. The van der Waals surface area contributed by atoms with Gasteiger partial charge in [-0.1, -0.05) is 42.5 Å². The van der Waals surface area contributed by atoms with E-state index in [9.17, 15) is 14.7 Å². The van der Waals surface area contributed by atoms with Crippen LogP contribution >= 0.6 is 11.8 Å². The number of halogens is 1. The lowest BCUT2D eigenvalue weighted by molar-refractivity contribution is -0.252. The van der Waals surface area contributed by atoms with E-state index >= 15 is 4.39 Å². The molecule has 1 aromatic carbocycles. The number of benzene rings is 1. The molecule has 5 aliphatic carbocycles. The molecule has 42 heavy (non-hydrogen) atoms. The Morgan fingerprint density at radius 3 is 2.76 bits per heavy atom. The van der Waals surface area contributed by atoms with Gasteiger partial charge >= 0.3 is 0 Å². The van der Waals surface area contributed by atoms with Gasteiger partial charge in [0.05, 0.1) is 18.0 Å². The number of thioether (sulfide) groups is 1. The van der Waals surface area contributed by atoms with Gasteiger partial charge in [-0.05, 0) is 75.7 Å². The van der Waals surface area contributed by atoms with Crippen LogP contribution in [0.1, 0.15) is 65.2 Å². The Morgan fingerprint density at radius 1 is 1.19 bits per heavy atom. The molecule has 1 spiro atoms. The fraction of sp³-hybridized carbons (Fsp3) is 0.606. The molecule has 9 heteroatoms. The molecule has 7 nitrogen and oxygen atoms in total. The van der Waals surface area contributed by atoms with E-state index < -0.39 is 46.0 Å². The highest BCUT2D eigenvalue weighted by atomic mass is 32.2. The van der Waals surface area contributed by atoms with E-state index in [0.29, 0.717) is 30.1 Å². The minimum Gasteiger partial charge on any atom is -0.431 e. The van der Waals surface area contributed by atoms with Crippen LogP contribution in [0, 0.1) is 22.7 Å². The quantitative estimate of drug-likeness (QED) is 0.438. The number of Topliss-reactive ketones (excluding diaryl/α,β-unsaturated/α-hetero) is 1. The summed E-state index contributed by atoms with van der Waals surface area (Å²) >= 11 is 1.24. The summed E-state index contributed by atoms with van der Waals surface area (Å²) in [5.41, 5.74) is -3.07. The zero-order valence-electron chi connectivity index (χ0n) is 23.9. The van der Waals surface area contributed by atoms with Crippen molar-refractivity contribution in [3.8, 4) is 0 Å². The number of alkyl halides is 1. The molecule has 4 saturated carbocycles. The van der Waals surface area contributed by atoms with E-state index in [1.807, 2.05) is 38.1 Å². The van der Waals surface area contributed by atoms with E-state index in [1.54, 1.807) is 12.2 Å². The predicted octanol–water partition coefficient (Wildman–Crippen LogP) is 5.89. The molecular weight excluding hydrogens is 557 g/mol. The van der Waals surface area contributed by atoms with Crippen molar-refractivity contribution < 1.29 is 33.0 Å². The van der Waals surface area contributed by atoms with Crippen LogP contribution in [0.2, 0.25) is 0 Å². The summed E-state index contributed by atoms with van der Waals surface area (Å²) < 4.78 is 37.3. The highest BCUT2D eigenvalue weighted by Crippen LogP contribution is 2.73. The minimum absolute atomic E-state index is 0.0715. The van der Waals surface area contributed by atoms with Gasteiger partial charge in [-0.3, -0.25) is 9.59 Å². The summed E-state index contributed by atoms with van der Waals surface area (Å²) in [6.45, 7) is 3.84. The Kier molecular flexibility index (Phi) is 5.75. The second-order valence-corrected chi connectivity index (χ2v) is 14.6. The monoisotopic (exact) mass is 593 g/mol. The van der Waals surface area contributed by atoms with Crippen molar-refractivity contribution in [2.24, 2.45) is 22.7 Å². The number of hydrogen-bond acceptors (Lipinski definition) is 8. The third-order valence-corrected chi connectivity index (χ3v) is 12.7. The second-order valence-electron chi connectivity index (χ2n) is 13.7. The number of ether oxygens (including phenoxy) is 2. The van der Waals surface area contributed by atoms with Crippen molar-refractivity contribution in [2.75, 3.05) is 5.75 Å². The molecule has 8 atom stereocenters. The van der Waals surface area contributed by atoms with Crippen LogP contribution in [0.3, 0.4) is 0 Å². The first-order chi connectivity index (χ1) is 20.0. The lowest BCUT2D eigenvalue weighted by Gasteiger charge is -2.62. The molecular formula is C33H36FNO6S. The number of aliphatic hydroxyl groups is 1. The molecule has 1 aliphatic heterocycles. The number of carbonyl (C=O) groups excluding carboxylic acids is 2. The van der Waals surface area contributed by atoms with Gasteiger partial charge in [-0.15, -0.1) is 0 Å². The van der Waals surface area contributed by atoms with E-state index in [-0.39, 0.29) is 29.7 Å². The van der Waals surface area contributed by atoms with Gasteiger partial charge in [0.15, 0.2) is 34.2 Å². The number of hydrogen-bond donors (Lipinski definition) is 1. The Labute approximate surface area is 248 Å². The summed E-state index contributed by atoms with van der Waals surface area (Å²) in [5, 5.41) is 12.3. The van der Waals surface area contributed by atoms with Crippen LogP contribution in [-0.4, -0.2) is 56.7 Å². The summed E-state index contributed by atoms with van der Waals surface area (Å²) in [6.07, 6.45) is 7.80. The number of oxazole rings is 1. The number of allylic oxidation sites excluding steroid dienone is 4. The van der Waals surface area contributed by atoms with Crippen molar-refractivity contribution >= 4 is 34.4 Å². The number of carbonyl (C=O) groups is 2. The van der Waals surface area contributed by atoms with Crippen LogP contribution in [0.25, 0.3) is 11.1 Å². The largest absolute Gasteiger partial charge is 0.431 e. The molecule has 0 amide bonds. The van der Waals surface area contributed by atoms with Crippen molar-refractivity contribution in [1.82, 2.24) is 4.98 Å². The third kappa shape index (κ3) is 3.31. The number of aromatic nitrogens is 1. The van der Waals surface area contributed by atoms with Crippen LogP contribution in [0.4, 0.5) is 4.39 Å². The molecule has 0 bridgehead atoms. The maximum Gasteiger partial charge on any atom is 0.257 e. The van der Waals surface area contributed by atoms with Crippen LogP contribution in [-0.2, 0) is 19.1 Å². The number of aliphatic hydroxyl groups excluding tert-OH is 1. The van der Waals surface area contributed by atoms with Crippen molar-refractivity contribution in [2.45, 2.75) is 99.7 Å². The Bertz CT molecular complexity index is 1530. The number of ketones is 2. The summed E-state index contributed by atoms with van der Waals surface area (Å²) in [6, 6.07) is 7.49. The zero-order valence-corrected chi connectivity index (χ0v) is 24.8. The summed E-state index contributed by atoms with van der Waals surface area (Å²) in [4.78, 5) is 31.3. The number of nitrogens with zero attached hydrogens (tertiary/aromatic N) is 1. The van der Waals surface area contributed by atoms with Crippen LogP contribution < -0.4 is 0 Å². The standard InChI is InChI=1S/C33H36FNO6S/c1-29-14-11-20(36)15-19(29)9-10-21-22-16-27-33(41-31(40-27)12-5-6-13-31,30(22,2)17-25(37)32(21,29)34)26(38)18-42-28-35-23-7-3-4-8-24(23)39-28/h3-4,7-8,11,14-15,21-22,25,27,37H,5-6,9-10,12-13,16-18H2,1-2H3/t21?,22?,25-,27-,29?,30?,32-,33+/m0/s1. The number of rotatable bonds is 4. The van der Waals surface area contributed by atoms with E-state index in [1.165, 1.54) is 17.8 Å². The lowest BCUT2D eigenvalue weighted by Crippen LogP contribution is -2.70. The third-order valence-electron chi connectivity index (χ3n) is 11.9. The maximum absolute atomic E-state index is 17.7. The molecule has 1 N–H and O–H groups in total. The molecule has 4 unspecified atom stereocenters. The van der Waals surface area contributed by atoms with Gasteiger partial charge in [-0.25, -0.2) is 9.37 Å². The molecule has 6 aliphatic rings. The van der Waals surface area contributed by atoms with Gasteiger partial charge in [0.25, 0.3) is 5.22 Å². The van der Waals surface area contributed by atoms with Crippen LogP contribution in [0.15, 0.2) is 57.7 Å². The molecule has 5 fully saturated rings. The van der Waals surface area contributed by atoms with Crippen molar-refractivity contribution in [1.29, 1.82) is 0 Å². The topological polar surface area (TPSA) is 98.9 Å². The highest BCUT2D eigenvalue weighted by molar-refractivity contribution is 7.99. The summed E-state index contributed by atoms with van der Waals surface area (Å²) in [7, 11) is 0. The Balaban J connectivity index is 1.17. The molecule has 222 valence electrons. The average Bonchev–Trinajstić information content (AvgIpc) is 3.72. The number of fused-ring (bicyclic) bond motifs is 8. The molecule has 1 aromatic heterocycles. The first-order valence-electron chi connectivity index (χ1n) is 15.3. The SMILES string of the molecule is CC12C[C@H](O)[C@@]3(F)C(CCC4=CC(=O)C=CC43C)C1C[C@@H]1OC3(CCCC3)O[C@]12C(=O)CSc1nc2ccccc2o1. The maximum atomic E-state index is 17.7. The second kappa shape index (κ2) is 8.87. The van der Waals surface area contributed by atoms with Crippen molar-refractivity contribution in [3.05, 3.63) is 48.1 Å². The zero-order chi connectivity index (χ0) is 29.1. The van der Waals surface area contributed by atoms with E-state index in [2.05, 4.69) is 4.98 Å². The summed E-state index contributed by atoms with van der Waals surface area (Å²) in [5.74, 6) is -1.75. The van der Waals surface area contributed by atoms with Crippen LogP contribution in [0.5, 0.6) is 0 Å². The van der Waals surface area contributed by atoms with Gasteiger partial charge in [-0.2, -0.15) is 0 Å². The van der Waals surface area contributed by atoms with E-state index in [0.717, 1.165) is 36.8 Å². The molecule has 8 rings (SSSR count). The lowest BCUT2D eigenvalue weighted by atomic mass is 9.44. The van der Waals surface area contributed by atoms with Gasteiger partial charge in [0, 0.05) is 29.6 Å². The van der Waals surface area contributed by atoms with Crippen molar-refractivity contribution in [3.63, 3.8) is 0 Å². The predicted molar refractivity (Wildman–Crippen MR) is 153 cm³/mol. The fourth-order valence-electron chi connectivity index (χ4n) is 9.91. The first kappa shape index (κ1) is 27.2. The highest BCUT2D eigenvalue weighted by Gasteiger charge is 2.80. The first-order valence-corrected chi connectivity index (χ1v) is 16.2. The number of para-hydroxylation sites is 2. The van der Waals surface area contributed by atoms with Gasteiger partial charge < -0.3 is 19.0 Å².